The number of rotatable bonds is 3. The summed E-state index contributed by atoms with van der Waals surface area (Å²) in [7, 11) is 0. The van der Waals surface area contributed by atoms with Gasteiger partial charge in [0.15, 0.2) is 0 Å². The number of carbonyl (C=O) groups is 1. The van der Waals surface area contributed by atoms with Crippen LogP contribution in [0.3, 0.4) is 0 Å². The first-order valence-electron chi connectivity index (χ1n) is 10.7. The number of hydrogen-bond donors (Lipinski definition) is 0. The molecule has 29 heavy (non-hydrogen) atoms. The zero-order valence-corrected chi connectivity index (χ0v) is 16.6. The molecule has 2 aromatic heterocycles. The average Bonchev–Trinajstić information content (AvgIpc) is 3.30. The van der Waals surface area contributed by atoms with Crippen molar-refractivity contribution < 1.29 is 4.79 Å². The van der Waals surface area contributed by atoms with Gasteiger partial charge in [-0.1, -0.05) is 0 Å². The van der Waals surface area contributed by atoms with Gasteiger partial charge in [-0.3, -0.25) is 9.59 Å². The van der Waals surface area contributed by atoms with Crippen molar-refractivity contribution in [2.75, 3.05) is 31.1 Å². The Balaban J connectivity index is 1.45. The average molecular weight is 394 g/mol. The summed E-state index contributed by atoms with van der Waals surface area (Å²) < 4.78 is 1.30. The van der Waals surface area contributed by atoms with Crippen molar-refractivity contribution in [3.8, 4) is 11.3 Å². The summed E-state index contributed by atoms with van der Waals surface area (Å²) >= 11 is 0. The van der Waals surface area contributed by atoms with Crippen LogP contribution in [0.25, 0.3) is 11.3 Å². The lowest BCUT2D eigenvalue weighted by molar-refractivity contribution is -0.131. The van der Waals surface area contributed by atoms with Crippen molar-refractivity contribution in [2.24, 2.45) is 0 Å². The van der Waals surface area contributed by atoms with Gasteiger partial charge in [0.25, 0.3) is 5.56 Å². The molecule has 0 N–H and O–H groups in total. The van der Waals surface area contributed by atoms with Crippen LogP contribution < -0.4 is 10.5 Å². The zero-order chi connectivity index (χ0) is 19.8. The van der Waals surface area contributed by atoms with Gasteiger partial charge in [0.2, 0.25) is 11.9 Å². The van der Waals surface area contributed by atoms with Crippen LogP contribution in [0, 0.1) is 0 Å². The largest absolute Gasteiger partial charge is 0.341 e. The molecule has 0 unspecified atom stereocenters. The van der Waals surface area contributed by atoms with Crippen LogP contribution in [-0.4, -0.2) is 56.7 Å². The van der Waals surface area contributed by atoms with E-state index in [1.807, 2.05) is 11.1 Å². The summed E-state index contributed by atoms with van der Waals surface area (Å²) in [6.45, 7) is 3.55. The highest BCUT2D eigenvalue weighted by Gasteiger charge is 2.25. The summed E-state index contributed by atoms with van der Waals surface area (Å²) in [4.78, 5) is 38.5. The summed E-state index contributed by atoms with van der Waals surface area (Å²) in [5.74, 6) is 0.759. The van der Waals surface area contributed by atoms with E-state index in [1.165, 1.54) is 23.9 Å². The monoisotopic (exact) mass is 394 g/mol. The van der Waals surface area contributed by atoms with E-state index in [2.05, 4.69) is 15.0 Å². The molecule has 1 amide bonds. The number of anilines is 1. The van der Waals surface area contributed by atoms with Crippen LogP contribution in [0.5, 0.6) is 0 Å². The molecular weight excluding hydrogens is 368 g/mol. The Morgan fingerprint density at radius 2 is 1.76 bits per heavy atom. The second-order valence-electron chi connectivity index (χ2n) is 8.18. The van der Waals surface area contributed by atoms with Gasteiger partial charge in [0.1, 0.15) is 6.54 Å². The molecule has 2 saturated heterocycles. The van der Waals surface area contributed by atoms with E-state index in [4.69, 9.17) is 4.98 Å². The maximum Gasteiger partial charge on any atom is 0.267 e. The maximum absolute atomic E-state index is 12.5. The lowest BCUT2D eigenvalue weighted by Gasteiger charge is -2.28. The molecule has 152 valence electrons. The van der Waals surface area contributed by atoms with Gasteiger partial charge in [0.05, 0.1) is 11.4 Å². The second kappa shape index (κ2) is 7.57. The molecule has 4 heterocycles. The smallest absolute Gasteiger partial charge is 0.267 e. The molecule has 0 bridgehead atoms. The third-order valence-electron chi connectivity index (χ3n) is 6.20. The van der Waals surface area contributed by atoms with E-state index in [0.29, 0.717) is 0 Å². The van der Waals surface area contributed by atoms with Crippen molar-refractivity contribution in [1.29, 1.82) is 0 Å². The number of aromatic nitrogens is 4. The quantitative estimate of drug-likeness (QED) is 0.783. The van der Waals surface area contributed by atoms with E-state index in [0.717, 1.165) is 80.3 Å². The van der Waals surface area contributed by atoms with Gasteiger partial charge < -0.3 is 9.80 Å². The van der Waals surface area contributed by atoms with Gasteiger partial charge in [-0.15, -0.1) is 0 Å². The van der Waals surface area contributed by atoms with Gasteiger partial charge in [0, 0.05) is 44.0 Å². The van der Waals surface area contributed by atoms with Gasteiger partial charge in [-0.05, 0) is 50.5 Å². The fourth-order valence-electron chi connectivity index (χ4n) is 4.55. The molecule has 0 radical (unpaired) electrons. The summed E-state index contributed by atoms with van der Waals surface area (Å²) in [6, 6.07) is 1.63. The first-order chi connectivity index (χ1) is 14.2. The number of amides is 1. The van der Waals surface area contributed by atoms with Crippen LogP contribution in [0.15, 0.2) is 17.1 Å². The normalized spacial score (nSPS) is 18.5. The molecule has 1 aliphatic carbocycles. The van der Waals surface area contributed by atoms with Gasteiger partial charge in [-0.2, -0.15) is 5.10 Å². The van der Waals surface area contributed by atoms with E-state index < -0.39 is 0 Å². The molecule has 3 aliphatic rings. The van der Waals surface area contributed by atoms with E-state index >= 15 is 0 Å². The topological polar surface area (TPSA) is 84.2 Å². The van der Waals surface area contributed by atoms with Crippen molar-refractivity contribution in [2.45, 2.75) is 51.5 Å². The van der Waals surface area contributed by atoms with E-state index in [-0.39, 0.29) is 18.0 Å². The minimum atomic E-state index is -0.217. The van der Waals surface area contributed by atoms with Gasteiger partial charge in [-0.25, -0.2) is 14.6 Å². The summed E-state index contributed by atoms with van der Waals surface area (Å²) in [5, 5.41) is 4.57. The fourth-order valence-corrected chi connectivity index (χ4v) is 4.55. The van der Waals surface area contributed by atoms with Gasteiger partial charge >= 0.3 is 0 Å². The van der Waals surface area contributed by atoms with Crippen molar-refractivity contribution >= 4 is 11.9 Å². The summed E-state index contributed by atoms with van der Waals surface area (Å²) in [6.07, 6.45) is 9.06. The Labute approximate surface area is 169 Å². The van der Waals surface area contributed by atoms with E-state index in [1.54, 1.807) is 6.07 Å². The van der Waals surface area contributed by atoms with Crippen LogP contribution in [-0.2, 0) is 24.2 Å². The molecular formula is C21H26N6O2. The highest BCUT2D eigenvalue weighted by molar-refractivity contribution is 5.76. The molecule has 0 saturated carbocycles. The minimum Gasteiger partial charge on any atom is -0.341 e. The molecule has 8 heteroatoms. The highest BCUT2D eigenvalue weighted by Crippen LogP contribution is 2.30. The second-order valence-corrected chi connectivity index (χ2v) is 8.18. The standard InChI is InChI=1S/C21H26N6O2/c28-18-12-15-6-7-17-16(13-22-21(23-17)26-10-2-1-3-11-26)20(15)24-27(18)14-19(29)25-8-4-5-9-25/h12-13H,1-11,14H2. The number of aryl methyl sites for hydroxylation is 2. The first-order valence-corrected chi connectivity index (χ1v) is 10.7. The third-order valence-corrected chi connectivity index (χ3v) is 6.20. The molecule has 2 aliphatic heterocycles. The highest BCUT2D eigenvalue weighted by atomic mass is 16.2. The Morgan fingerprint density at radius 3 is 2.55 bits per heavy atom. The van der Waals surface area contributed by atoms with Crippen molar-refractivity contribution in [3.63, 3.8) is 0 Å². The molecule has 0 spiro atoms. The van der Waals surface area contributed by atoms with Crippen LogP contribution in [0.1, 0.15) is 43.4 Å². The Kier molecular flexibility index (Phi) is 4.77. The molecule has 0 aromatic carbocycles. The molecule has 2 fully saturated rings. The fraction of sp³-hybridized carbons (Fsp3) is 0.571. The SMILES string of the molecule is O=C(Cn1nc2c(cc1=O)CCc1nc(N3CCCCC3)ncc1-2)N1CCCC1. The van der Waals surface area contributed by atoms with Crippen LogP contribution in [0.4, 0.5) is 5.95 Å². The minimum absolute atomic E-state index is 0.00579. The predicted molar refractivity (Wildman–Crippen MR) is 109 cm³/mol. The number of likely N-dealkylation sites (tertiary alicyclic amines) is 1. The van der Waals surface area contributed by atoms with Crippen LogP contribution >= 0.6 is 0 Å². The van der Waals surface area contributed by atoms with Crippen LogP contribution in [0.2, 0.25) is 0 Å². The third kappa shape index (κ3) is 3.52. The maximum atomic E-state index is 12.5. The molecule has 8 nitrogen and oxygen atoms in total. The van der Waals surface area contributed by atoms with E-state index in [9.17, 15) is 9.59 Å². The predicted octanol–water partition coefficient (Wildman–Crippen LogP) is 1.41. The lowest BCUT2D eigenvalue weighted by atomic mass is 9.94. The Bertz CT molecular complexity index is 989. The van der Waals surface area contributed by atoms with Crippen molar-refractivity contribution in [1.82, 2.24) is 24.6 Å². The number of hydrogen-bond acceptors (Lipinski definition) is 6. The lowest BCUT2D eigenvalue weighted by Crippen LogP contribution is -2.36. The Morgan fingerprint density at radius 1 is 1.00 bits per heavy atom. The zero-order valence-electron chi connectivity index (χ0n) is 16.6. The number of fused-ring (bicyclic) bond motifs is 3. The number of carbonyl (C=O) groups excluding carboxylic acids is 1. The number of nitrogens with zero attached hydrogens (tertiary/aromatic N) is 6. The summed E-state index contributed by atoms with van der Waals surface area (Å²) in [5.41, 5.74) is 3.31. The Hall–Kier alpha value is -2.77. The first kappa shape index (κ1) is 18.3. The molecule has 5 rings (SSSR count). The van der Waals surface area contributed by atoms with Crippen molar-refractivity contribution in [3.05, 3.63) is 33.9 Å². The number of piperidine rings is 1. The molecule has 0 atom stereocenters. The molecule has 2 aromatic rings.